The van der Waals surface area contributed by atoms with Crippen molar-refractivity contribution in [2.75, 3.05) is 6.61 Å². The summed E-state index contributed by atoms with van der Waals surface area (Å²) in [7, 11) is 0. The third kappa shape index (κ3) is 1.27. The molecule has 0 aromatic rings. The van der Waals surface area contributed by atoms with Gasteiger partial charge in [0.2, 0.25) is 0 Å². The van der Waals surface area contributed by atoms with Crippen LogP contribution in [0.4, 0.5) is 0 Å². The van der Waals surface area contributed by atoms with Crippen LogP contribution in [0.25, 0.3) is 0 Å². The van der Waals surface area contributed by atoms with Crippen LogP contribution in [0, 0.1) is 5.92 Å². The minimum atomic E-state index is -0.607. The summed E-state index contributed by atoms with van der Waals surface area (Å²) in [5.41, 5.74) is 0. The molecule has 2 rings (SSSR count). The molecule has 2 aliphatic rings. The fourth-order valence-electron chi connectivity index (χ4n) is 1.83. The molecule has 3 N–H and O–H groups in total. The van der Waals surface area contributed by atoms with Crippen molar-refractivity contribution in [2.24, 2.45) is 5.92 Å². The minimum Gasteiger partial charge on any atom is -0.393 e. The molecule has 0 aliphatic carbocycles. The highest BCUT2D eigenvalue weighted by atomic mass is 16.5. The topological polar surface area (TPSA) is 61.7 Å². The van der Waals surface area contributed by atoms with Crippen LogP contribution in [-0.2, 0) is 4.74 Å². The van der Waals surface area contributed by atoms with E-state index in [4.69, 9.17) is 4.74 Å². The number of ether oxygens (including phenoxy) is 1. The molecule has 4 unspecified atom stereocenters. The standard InChI is InChI=1S/C7H13NO3/c9-5-3-6(10)8-7-4(5)1-2-11-7/h4-10H,1-3H2. The third-order valence-electron chi connectivity index (χ3n) is 2.45. The zero-order valence-corrected chi connectivity index (χ0v) is 6.23. The van der Waals surface area contributed by atoms with E-state index in [0.29, 0.717) is 13.0 Å². The number of rotatable bonds is 0. The number of hydrogen-bond acceptors (Lipinski definition) is 4. The van der Waals surface area contributed by atoms with E-state index in [2.05, 4.69) is 5.32 Å². The quantitative estimate of drug-likeness (QED) is 0.425. The molecular weight excluding hydrogens is 146 g/mol. The van der Waals surface area contributed by atoms with E-state index in [-0.39, 0.29) is 12.1 Å². The first-order valence-electron chi connectivity index (χ1n) is 4.01. The van der Waals surface area contributed by atoms with Crippen LogP contribution in [0.3, 0.4) is 0 Å². The van der Waals surface area contributed by atoms with Crippen LogP contribution >= 0.6 is 0 Å². The minimum absolute atomic E-state index is 0.131. The van der Waals surface area contributed by atoms with Gasteiger partial charge in [-0.15, -0.1) is 0 Å². The van der Waals surface area contributed by atoms with E-state index in [1.54, 1.807) is 0 Å². The van der Waals surface area contributed by atoms with Crippen molar-refractivity contribution in [3.8, 4) is 0 Å². The van der Waals surface area contributed by atoms with Crippen molar-refractivity contribution in [3.63, 3.8) is 0 Å². The van der Waals surface area contributed by atoms with Gasteiger partial charge in [0.15, 0.2) is 0 Å². The van der Waals surface area contributed by atoms with Crippen LogP contribution in [0.1, 0.15) is 12.8 Å². The van der Waals surface area contributed by atoms with Gasteiger partial charge in [-0.25, -0.2) is 0 Å². The van der Waals surface area contributed by atoms with Crippen LogP contribution in [0.15, 0.2) is 0 Å². The van der Waals surface area contributed by atoms with E-state index in [1.165, 1.54) is 0 Å². The Bertz CT molecular complexity index is 153. The normalized spacial score (nSPS) is 50.7. The summed E-state index contributed by atoms with van der Waals surface area (Å²) in [5, 5.41) is 21.5. The molecule has 0 amide bonds. The van der Waals surface area contributed by atoms with Crippen molar-refractivity contribution >= 4 is 0 Å². The fourth-order valence-corrected chi connectivity index (χ4v) is 1.83. The molecule has 0 radical (unpaired) electrons. The molecule has 2 heterocycles. The molecule has 4 atom stereocenters. The van der Waals surface area contributed by atoms with Crippen molar-refractivity contribution in [1.29, 1.82) is 0 Å². The third-order valence-corrected chi connectivity index (χ3v) is 2.45. The molecular formula is C7H13NO3. The van der Waals surface area contributed by atoms with Gasteiger partial charge in [0, 0.05) is 18.9 Å². The fraction of sp³-hybridized carbons (Fsp3) is 1.00. The van der Waals surface area contributed by atoms with Crippen LogP contribution in [0.5, 0.6) is 0 Å². The Labute approximate surface area is 65.2 Å². The van der Waals surface area contributed by atoms with Gasteiger partial charge < -0.3 is 14.9 Å². The van der Waals surface area contributed by atoms with Gasteiger partial charge in [0.1, 0.15) is 12.5 Å². The number of hydrogen-bond donors (Lipinski definition) is 3. The highest BCUT2D eigenvalue weighted by molar-refractivity contribution is 4.86. The summed E-state index contributed by atoms with van der Waals surface area (Å²) in [5.74, 6) is 0.179. The van der Waals surface area contributed by atoms with Crippen LogP contribution in [0.2, 0.25) is 0 Å². The molecule has 2 fully saturated rings. The molecule has 11 heavy (non-hydrogen) atoms. The number of aliphatic hydroxyl groups excluding tert-OH is 2. The first-order chi connectivity index (χ1) is 5.27. The first kappa shape index (κ1) is 7.49. The summed E-state index contributed by atoms with van der Waals surface area (Å²) in [6.07, 6.45) is 0.174. The second kappa shape index (κ2) is 2.71. The van der Waals surface area contributed by atoms with Gasteiger partial charge >= 0.3 is 0 Å². The predicted molar refractivity (Wildman–Crippen MR) is 37.6 cm³/mol. The van der Waals surface area contributed by atoms with Gasteiger partial charge in [-0.2, -0.15) is 0 Å². The smallest absolute Gasteiger partial charge is 0.115 e. The summed E-state index contributed by atoms with van der Waals surface area (Å²) >= 11 is 0. The Hall–Kier alpha value is -0.160. The van der Waals surface area contributed by atoms with Crippen molar-refractivity contribution in [2.45, 2.75) is 31.4 Å². The monoisotopic (exact) mass is 159 g/mol. The second-order valence-electron chi connectivity index (χ2n) is 3.23. The lowest BCUT2D eigenvalue weighted by atomic mass is 9.92. The molecule has 4 nitrogen and oxygen atoms in total. The number of fused-ring (bicyclic) bond motifs is 1. The Balaban J connectivity index is 2.04. The lowest BCUT2D eigenvalue weighted by molar-refractivity contribution is -0.0802. The summed E-state index contributed by atoms with van der Waals surface area (Å²) in [4.78, 5) is 0. The summed E-state index contributed by atoms with van der Waals surface area (Å²) in [6, 6.07) is 0. The predicted octanol–water partition coefficient (Wildman–Crippen LogP) is -0.978. The molecule has 0 saturated carbocycles. The van der Waals surface area contributed by atoms with Crippen molar-refractivity contribution < 1.29 is 14.9 Å². The van der Waals surface area contributed by atoms with E-state index >= 15 is 0 Å². The Morgan fingerprint density at radius 1 is 1.36 bits per heavy atom. The Kier molecular flexibility index (Phi) is 1.85. The molecule has 2 aliphatic heterocycles. The Morgan fingerprint density at radius 3 is 3.00 bits per heavy atom. The van der Waals surface area contributed by atoms with Gasteiger partial charge in [-0.1, -0.05) is 0 Å². The van der Waals surface area contributed by atoms with Gasteiger partial charge in [0.25, 0.3) is 0 Å². The van der Waals surface area contributed by atoms with Crippen molar-refractivity contribution in [1.82, 2.24) is 5.32 Å². The molecule has 0 bridgehead atoms. The van der Waals surface area contributed by atoms with Gasteiger partial charge in [-0.05, 0) is 6.42 Å². The summed E-state index contributed by atoms with van der Waals surface area (Å²) < 4.78 is 5.27. The largest absolute Gasteiger partial charge is 0.393 e. The average Bonchev–Trinajstić information content (AvgIpc) is 2.34. The highest BCUT2D eigenvalue weighted by Gasteiger charge is 2.39. The molecule has 0 spiro atoms. The van der Waals surface area contributed by atoms with E-state index in [0.717, 1.165) is 6.42 Å². The van der Waals surface area contributed by atoms with Gasteiger partial charge in [-0.3, -0.25) is 5.32 Å². The molecule has 64 valence electrons. The zero-order valence-electron chi connectivity index (χ0n) is 6.23. The zero-order chi connectivity index (χ0) is 7.84. The van der Waals surface area contributed by atoms with E-state index < -0.39 is 12.3 Å². The lowest BCUT2D eigenvalue weighted by Gasteiger charge is -2.33. The van der Waals surface area contributed by atoms with Crippen molar-refractivity contribution in [3.05, 3.63) is 0 Å². The average molecular weight is 159 g/mol. The van der Waals surface area contributed by atoms with E-state index in [1.807, 2.05) is 0 Å². The maximum absolute atomic E-state index is 9.47. The second-order valence-corrected chi connectivity index (χ2v) is 3.23. The SMILES string of the molecule is OC1CC(O)C2CCOC2N1. The lowest BCUT2D eigenvalue weighted by Crippen LogP contribution is -2.52. The van der Waals surface area contributed by atoms with Gasteiger partial charge in [0.05, 0.1) is 6.10 Å². The molecule has 0 aromatic heterocycles. The molecule has 0 aromatic carbocycles. The van der Waals surface area contributed by atoms with Crippen LogP contribution < -0.4 is 5.32 Å². The number of nitrogens with one attached hydrogen (secondary N) is 1. The maximum atomic E-state index is 9.47. The number of piperidine rings is 1. The highest BCUT2D eigenvalue weighted by Crippen LogP contribution is 2.28. The molecule has 4 heteroatoms. The first-order valence-corrected chi connectivity index (χ1v) is 4.01. The van der Waals surface area contributed by atoms with Crippen LogP contribution in [-0.4, -0.2) is 35.4 Å². The maximum Gasteiger partial charge on any atom is 0.115 e. The summed E-state index contributed by atoms with van der Waals surface area (Å²) in [6.45, 7) is 0.687. The van der Waals surface area contributed by atoms with E-state index in [9.17, 15) is 10.2 Å². The number of aliphatic hydroxyl groups is 2. The molecule has 2 saturated heterocycles. The Morgan fingerprint density at radius 2 is 2.18 bits per heavy atom.